The minimum absolute atomic E-state index is 0.248. The normalized spacial score (nSPS) is 20.2. The van der Waals surface area contributed by atoms with Gasteiger partial charge in [0.25, 0.3) is 0 Å². The number of anilines is 1. The number of nitrogens with zero attached hydrogens (tertiary/aromatic N) is 2. The van der Waals surface area contributed by atoms with Gasteiger partial charge in [-0.25, -0.2) is 0 Å². The molecule has 1 saturated heterocycles. The molecular weight excluding hydrogens is 248 g/mol. The standard InChI is InChI=1S/C13H14N2O2S/c16-13(17)9-2-1-6-15(8-9)11-3-5-14-10-4-7-18-12(10)11/h3-5,7,9H,1-2,6,8H2,(H,16,17). The summed E-state index contributed by atoms with van der Waals surface area (Å²) in [6.07, 6.45) is 3.52. The summed E-state index contributed by atoms with van der Waals surface area (Å²) in [5.74, 6) is -0.932. The van der Waals surface area contributed by atoms with Crippen molar-refractivity contribution in [2.75, 3.05) is 18.0 Å². The summed E-state index contributed by atoms with van der Waals surface area (Å²) in [7, 11) is 0. The molecule has 1 atom stereocenters. The Bertz CT molecular complexity index is 581. The molecule has 0 bridgehead atoms. The number of hydrogen-bond donors (Lipinski definition) is 1. The van der Waals surface area contributed by atoms with Crippen molar-refractivity contribution in [3.8, 4) is 0 Å². The summed E-state index contributed by atoms with van der Waals surface area (Å²) in [5.41, 5.74) is 2.12. The highest BCUT2D eigenvalue weighted by Crippen LogP contribution is 2.32. The van der Waals surface area contributed by atoms with E-state index in [9.17, 15) is 4.79 Å². The third kappa shape index (κ3) is 1.95. The fraction of sp³-hybridized carbons (Fsp3) is 0.385. The van der Waals surface area contributed by atoms with Crippen molar-refractivity contribution < 1.29 is 9.90 Å². The predicted octanol–water partition coefficient (Wildman–Crippen LogP) is 2.60. The van der Waals surface area contributed by atoms with Crippen molar-refractivity contribution in [2.45, 2.75) is 12.8 Å². The Morgan fingerprint density at radius 2 is 2.39 bits per heavy atom. The number of carboxylic acids is 1. The molecule has 0 aromatic carbocycles. The number of aliphatic carboxylic acids is 1. The molecule has 1 N–H and O–H groups in total. The Kier molecular flexibility index (Phi) is 2.91. The lowest BCUT2D eigenvalue weighted by Gasteiger charge is -2.32. The van der Waals surface area contributed by atoms with E-state index in [1.54, 1.807) is 17.5 Å². The number of piperidine rings is 1. The van der Waals surface area contributed by atoms with Crippen LogP contribution in [0.15, 0.2) is 23.7 Å². The average molecular weight is 262 g/mol. The molecule has 4 nitrogen and oxygen atoms in total. The molecule has 0 amide bonds. The van der Waals surface area contributed by atoms with Gasteiger partial charge in [0.1, 0.15) is 0 Å². The minimum atomic E-state index is -0.684. The van der Waals surface area contributed by atoms with Crippen molar-refractivity contribution in [3.63, 3.8) is 0 Å². The lowest BCUT2D eigenvalue weighted by molar-refractivity contribution is -0.141. The summed E-state index contributed by atoms with van der Waals surface area (Å²) in [4.78, 5) is 17.6. The van der Waals surface area contributed by atoms with Crippen molar-refractivity contribution in [2.24, 2.45) is 5.92 Å². The predicted molar refractivity (Wildman–Crippen MR) is 72.2 cm³/mol. The third-order valence-corrected chi connectivity index (χ3v) is 4.36. The summed E-state index contributed by atoms with van der Waals surface area (Å²) in [5, 5.41) is 11.2. The van der Waals surface area contributed by atoms with Crippen molar-refractivity contribution >= 4 is 33.2 Å². The van der Waals surface area contributed by atoms with Gasteiger partial charge in [0, 0.05) is 19.3 Å². The number of aromatic nitrogens is 1. The Morgan fingerprint density at radius 3 is 3.22 bits per heavy atom. The zero-order valence-electron chi connectivity index (χ0n) is 9.87. The van der Waals surface area contributed by atoms with Gasteiger partial charge in [-0.3, -0.25) is 9.78 Å². The van der Waals surface area contributed by atoms with Crippen molar-refractivity contribution in [3.05, 3.63) is 23.7 Å². The maximum Gasteiger partial charge on any atom is 0.308 e. The molecule has 0 radical (unpaired) electrons. The molecule has 1 unspecified atom stereocenters. The molecular formula is C13H14N2O2S. The van der Waals surface area contributed by atoms with Gasteiger partial charge in [-0.15, -0.1) is 11.3 Å². The molecule has 1 aliphatic heterocycles. The van der Waals surface area contributed by atoms with Crippen LogP contribution in [0, 0.1) is 5.92 Å². The van der Waals surface area contributed by atoms with Crippen LogP contribution in [-0.2, 0) is 4.79 Å². The fourth-order valence-electron chi connectivity index (χ4n) is 2.51. The molecule has 3 heterocycles. The van der Waals surface area contributed by atoms with E-state index in [2.05, 4.69) is 9.88 Å². The zero-order valence-corrected chi connectivity index (χ0v) is 10.7. The van der Waals surface area contributed by atoms with Crippen LogP contribution in [0.2, 0.25) is 0 Å². The maximum atomic E-state index is 11.1. The topological polar surface area (TPSA) is 53.4 Å². The lowest BCUT2D eigenvalue weighted by atomic mass is 9.98. The van der Waals surface area contributed by atoms with Crippen LogP contribution in [0.1, 0.15) is 12.8 Å². The Morgan fingerprint density at radius 1 is 1.50 bits per heavy atom. The molecule has 2 aromatic heterocycles. The van der Waals surface area contributed by atoms with Gasteiger partial charge in [-0.2, -0.15) is 0 Å². The summed E-state index contributed by atoms with van der Waals surface area (Å²) >= 11 is 1.67. The van der Waals surface area contributed by atoms with Crippen molar-refractivity contribution in [1.29, 1.82) is 0 Å². The first-order valence-corrected chi connectivity index (χ1v) is 6.93. The molecule has 0 aliphatic carbocycles. The second-order valence-electron chi connectivity index (χ2n) is 4.59. The molecule has 0 spiro atoms. The van der Waals surface area contributed by atoms with Crippen molar-refractivity contribution in [1.82, 2.24) is 4.98 Å². The second kappa shape index (κ2) is 4.57. The number of thiophene rings is 1. The van der Waals surface area contributed by atoms with Crippen LogP contribution in [-0.4, -0.2) is 29.1 Å². The molecule has 3 rings (SSSR count). The molecule has 1 aliphatic rings. The quantitative estimate of drug-likeness (QED) is 0.904. The fourth-order valence-corrected chi connectivity index (χ4v) is 3.40. The zero-order chi connectivity index (χ0) is 12.5. The number of pyridine rings is 1. The Labute approximate surface area is 109 Å². The minimum Gasteiger partial charge on any atom is -0.481 e. The first-order valence-electron chi connectivity index (χ1n) is 6.05. The molecule has 94 valence electrons. The van der Waals surface area contributed by atoms with E-state index in [4.69, 9.17) is 5.11 Å². The maximum absolute atomic E-state index is 11.1. The van der Waals surface area contributed by atoms with Crippen LogP contribution >= 0.6 is 11.3 Å². The van der Waals surface area contributed by atoms with Gasteiger partial charge in [0.15, 0.2) is 0 Å². The number of fused-ring (bicyclic) bond motifs is 1. The smallest absolute Gasteiger partial charge is 0.308 e. The first kappa shape index (κ1) is 11.5. The molecule has 2 aromatic rings. The number of hydrogen-bond acceptors (Lipinski definition) is 4. The van der Waals surface area contributed by atoms with Gasteiger partial charge >= 0.3 is 5.97 Å². The first-order chi connectivity index (χ1) is 8.75. The second-order valence-corrected chi connectivity index (χ2v) is 5.50. The van der Waals surface area contributed by atoms with Gasteiger partial charge in [-0.05, 0) is 30.4 Å². The Balaban J connectivity index is 1.94. The van der Waals surface area contributed by atoms with Crippen LogP contribution in [0.5, 0.6) is 0 Å². The highest BCUT2D eigenvalue weighted by Gasteiger charge is 2.26. The van der Waals surface area contributed by atoms with E-state index < -0.39 is 5.97 Å². The third-order valence-electron chi connectivity index (χ3n) is 3.43. The van der Waals surface area contributed by atoms with Gasteiger partial charge in [0.05, 0.1) is 21.8 Å². The van der Waals surface area contributed by atoms with E-state index in [-0.39, 0.29) is 5.92 Å². The monoisotopic (exact) mass is 262 g/mol. The van der Waals surface area contributed by atoms with E-state index in [0.717, 1.165) is 35.3 Å². The molecule has 1 fully saturated rings. The van der Waals surface area contributed by atoms with E-state index in [1.807, 2.05) is 17.5 Å². The van der Waals surface area contributed by atoms with Crippen LogP contribution in [0.4, 0.5) is 5.69 Å². The highest BCUT2D eigenvalue weighted by atomic mass is 32.1. The molecule has 5 heteroatoms. The van der Waals surface area contributed by atoms with Gasteiger partial charge in [0.2, 0.25) is 0 Å². The van der Waals surface area contributed by atoms with E-state index in [1.165, 1.54) is 0 Å². The Hall–Kier alpha value is -1.62. The number of rotatable bonds is 2. The SMILES string of the molecule is O=C(O)C1CCCN(c2ccnc3ccsc23)C1. The highest BCUT2D eigenvalue weighted by molar-refractivity contribution is 7.17. The average Bonchev–Trinajstić information content (AvgIpc) is 2.87. The molecule has 18 heavy (non-hydrogen) atoms. The van der Waals surface area contributed by atoms with Gasteiger partial charge in [-0.1, -0.05) is 0 Å². The lowest BCUT2D eigenvalue weighted by Crippen LogP contribution is -2.38. The number of carbonyl (C=O) groups is 1. The van der Waals surface area contributed by atoms with Crippen LogP contribution in [0.25, 0.3) is 10.2 Å². The summed E-state index contributed by atoms with van der Waals surface area (Å²) in [6.45, 7) is 1.53. The number of carboxylic acid groups (broad SMARTS) is 1. The van der Waals surface area contributed by atoms with E-state index in [0.29, 0.717) is 6.54 Å². The summed E-state index contributed by atoms with van der Waals surface area (Å²) < 4.78 is 1.16. The van der Waals surface area contributed by atoms with Gasteiger partial charge < -0.3 is 10.0 Å². The summed E-state index contributed by atoms with van der Waals surface area (Å²) in [6, 6.07) is 3.99. The molecule has 0 saturated carbocycles. The van der Waals surface area contributed by atoms with E-state index >= 15 is 0 Å². The van der Waals surface area contributed by atoms with Crippen LogP contribution in [0.3, 0.4) is 0 Å². The van der Waals surface area contributed by atoms with Crippen LogP contribution < -0.4 is 4.90 Å². The largest absolute Gasteiger partial charge is 0.481 e.